The molecule has 4 aliphatic rings. The molecule has 0 unspecified atom stereocenters. The van der Waals surface area contributed by atoms with Gasteiger partial charge in [-0.25, -0.2) is 28.2 Å². The van der Waals surface area contributed by atoms with Gasteiger partial charge in [0.2, 0.25) is 27.7 Å². The molecule has 15 nitrogen and oxygen atoms in total. The summed E-state index contributed by atoms with van der Waals surface area (Å²) in [7, 11) is -4.05. The van der Waals surface area contributed by atoms with E-state index in [0.717, 1.165) is 29.1 Å². The molecule has 3 N–H and O–H groups in total. The summed E-state index contributed by atoms with van der Waals surface area (Å²) in [6.45, 7) is 10.2. The number of para-hydroxylation sites is 1. The molecule has 1 saturated heterocycles. The average molecular weight is 892 g/mol. The normalized spacial score (nSPS) is 25.6. The van der Waals surface area contributed by atoms with Crippen molar-refractivity contribution in [2.75, 3.05) is 6.54 Å². The van der Waals surface area contributed by atoms with Crippen molar-refractivity contribution in [3.63, 3.8) is 0 Å². The molecule has 0 radical (unpaired) electrons. The molecule has 3 aromatic rings. The summed E-state index contributed by atoms with van der Waals surface area (Å²) in [6.07, 6.45) is 11.5. The van der Waals surface area contributed by atoms with Crippen LogP contribution in [0, 0.1) is 6.92 Å². The molecule has 0 bridgehead atoms. The molecule has 2 aliphatic heterocycles. The number of fused-ring (bicyclic) bond motifs is 2. The number of carbonyl (C=O) groups excluding carboxylic acids is 4. The number of ether oxygens (including phenoxy) is 2. The maximum Gasteiger partial charge on any atom is 0.408 e. The number of nitrogens with zero attached hydrogens (tertiary/aromatic N) is 4. The first kappa shape index (κ1) is 45.4. The number of allylic oxidation sites excluding steroid dienone is 1. The van der Waals surface area contributed by atoms with E-state index in [1.165, 1.54) is 24.2 Å². The number of hydrogen-bond acceptors (Lipinski definition) is 12. The second kappa shape index (κ2) is 18.2. The highest BCUT2D eigenvalue weighted by atomic mass is 32.2. The monoisotopic (exact) mass is 891 g/mol. The molecule has 0 spiro atoms. The van der Waals surface area contributed by atoms with E-state index >= 15 is 0 Å². The Labute approximate surface area is 368 Å². The van der Waals surface area contributed by atoms with E-state index in [4.69, 9.17) is 24.4 Å². The molecular weight excluding hydrogens is 831 g/mol. The minimum Gasteiger partial charge on any atom is -0.471 e. The summed E-state index contributed by atoms with van der Waals surface area (Å²) in [5, 5.41) is 8.64. The molecule has 336 valence electrons. The molecule has 1 aromatic carbocycles. The smallest absolute Gasteiger partial charge is 0.408 e. The van der Waals surface area contributed by atoms with Crippen LogP contribution in [0.3, 0.4) is 0 Å². The van der Waals surface area contributed by atoms with E-state index in [9.17, 15) is 27.6 Å². The molecule has 7 rings (SSSR count). The third-order valence-corrected chi connectivity index (χ3v) is 15.7. The Kier molecular flexibility index (Phi) is 13.3. The highest BCUT2D eigenvalue weighted by molar-refractivity contribution is 7.91. The molecule has 4 heterocycles. The van der Waals surface area contributed by atoms with E-state index < -0.39 is 67.9 Å². The zero-order valence-corrected chi connectivity index (χ0v) is 38.4. The fraction of sp³-hybridized carbons (Fsp3) is 0.622. The van der Waals surface area contributed by atoms with Gasteiger partial charge in [0.15, 0.2) is 0 Å². The minimum absolute atomic E-state index is 0.0102. The molecule has 4 amide bonds. The number of aromatic nitrogens is 3. The predicted molar refractivity (Wildman–Crippen MR) is 237 cm³/mol. The van der Waals surface area contributed by atoms with Crippen LogP contribution < -0.4 is 20.1 Å². The lowest BCUT2D eigenvalue weighted by Gasteiger charge is -2.34. The lowest BCUT2D eigenvalue weighted by Crippen LogP contribution is -2.62. The molecule has 2 saturated carbocycles. The maximum absolute atomic E-state index is 14.7. The van der Waals surface area contributed by atoms with Gasteiger partial charge in [0, 0.05) is 23.3 Å². The summed E-state index contributed by atoms with van der Waals surface area (Å²) >= 11 is 1.58. The van der Waals surface area contributed by atoms with Crippen LogP contribution in [0.15, 0.2) is 35.7 Å². The van der Waals surface area contributed by atoms with Crippen LogP contribution in [-0.4, -0.2) is 92.7 Å². The summed E-state index contributed by atoms with van der Waals surface area (Å²) in [5.74, 6) is -1.36. The lowest BCUT2D eigenvalue weighted by molar-refractivity contribution is -0.141. The number of carbonyl (C=O) groups is 4. The number of nitrogens with one attached hydrogen (secondary N) is 3. The van der Waals surface area contributed by atoms with Crippen LogP contribution in [0.5, 0.6) is 5.88 Å². The van der Waals surface area contributed by atoms with Crippen LogP contribution >= 0.6 is 11.3 Å². The van der Waals surface area contributed by atoms with Gasteiger partial charge in [-0.05, 0) is 98.1 Å². The maximum atomic E-state index is 14.7. The third-order valence-electron chi connectivity index (χ3n) is 12.6. The van der Waals surface area contributed by atoms with Crippen molar-refractivity contribution in [1.29, 1.82) is 0 Å². The zero-order valence-electron chi connectivity index (χ0n) is 36.8. The first-order valence-corrected chi connectivity index (χ1v) is 24.5. The van der Waals surface area contributed by atoms with Gasteiger partial charge in [-0.3, -0.25) is 19.1 Å². The van der Waals surface area contributed by atoms with Crippen molar-refractivity contribution in [2.45, 2.75) is 171 Å². The van der Waals surface area contributed by atoms with Crippen molar-refractivity contribution in [2.24, 2.45) is 0 Å². The standard InChI is InChI=1S/C45H61N7O8S2/c1-7-45(41(55)51-62(57,58)44(6)23-24-44)22-15-10-8-9-14-20-33(48-42(56)60-43(3,4)5)40(54)52-26-30(25-35(52)37(53)50-45)59-38-28(2)46-32-21-16-19-31(36(32)49-38)39-47-34(27-61-39)29-17-12-11-13-18-29/h15-16,19,21-22,27,29-30,33,35H,7-14,17-18,20,23-26H2,1-6H3,(H,48,56)(H,50,53)(H,51,55)/b22-15-/t30-,33+,35+,45-/m1/s1. The van der Waals surface area contributed by atoms with Crippen molar-refractivity contribution in [1.82, 2.24) is 35.2 Å². The second-order valence-electron chi connectivity index (χ2n) is 18.6. The van der Waals surface area contributed by atoms with Gasteiger partial charge < -0.3 is 25.0 Å². The van der Waals surface area contributed by atoms with Gasteiger partial charge in [0.25, 0.3) is 5.91 Å². The Hall–Kier alpha value is -4.64. The molecule has 2 aromatic heterocycles. The Morgan fingerprint density at radius 2 is 1.74 bits per heavy atom. The first-order chi connectivity index (χ1) is 29.4. The Bertz CT molecular complexity index is 2310. The van der Waals surface area contributed by atoms with Crippen LogP contribution in [0.1, 0.15) is 142 Å². The van der Waals surface area contributed by atoms with Gasteiger partial charge >= 0.3 is 6.09 Å². The summed E-state index contributed by atoms with van der Waals surface area (Å²) in [6, 6.07) is 3.62. The van der Waals surface area contributed by atoms with E-state index in [2.05, 4.69) is 20.7 Å². The van der Waals surface area contributed by atoms with E-state index in [1.807, 2.05) is 18.2 Å². The van der Waals surface area contributed by atoms with Gasteiger partial charge in [-0.15, -0.1) is 11.3 Å². The molecule has 62 heavy (non-hydrogen) atoms. The van der Waals surface area contributed by atoms with Crippen LogP contribution in [0.4, 0.5) is 4.79 Å². The van der Waals surface area contributed by atoms with E-state index in [-0.39, 0.29) is 25.3 Å². The van der Waals surface area contributed by atoms with Gasteiger partial charge in [0.1, 0.15) is 45.5 Å². The first-order valence-electron chi connectivity index (χ1n) is 22.2. The van der Waals surface area contributed by atoms with Gasteiger partial charge in [-0.1, -0.05) is 57.2 Å². The molecular formula is C45H61N7O8S2. The van der Waals surface area contributed by atoms with E-state index in [0.29, 0.717) is 67.6 Å². The average Bonchev–Trinajstić information content (AvgIpc) is 3.59. The quantitative estimate of drug-likeness (QED) is 0.185. The van der Waals surface area contributed by atoms with Crippen molar-refractivity contribution in [3.05, 3.63) is 47.1 Å². The number of sulfonamides is 1. The lowest BCUT2D eigenvalue weighted by atomic mass is 9.87. The van der Waals surface area contributed by atoms with Crippen molar-refractivity contribution >= 4 is 56.2 Å². The predicted octanol–water partition coefficient (Wildman–Crippen LogP) is 7.13. The number of hydrogen-bond donors (Lipinski definition) is 3. The topological polar surface area (TPSA) is 199 Å². The zero-order chi connectivity index (χ0) is 44.5. The minimum atomic E-state index is -4.05. The summed E-state index contributed by atoms with van der Waals surface area (Å²) in [5.41, 5.74) is 1.19. The number of amides is 4. The van der Waals surface area contributed by atoms with Gasteiger partial charge in [0.05, 0.1) is 22.5 Å². The van der Waals surface area contributed by atoms with Crippen LogP contribution in [-0.2, 0) is 29.1 Å². The fourth-order valence-electron chi connectivity index (χ4n) is 8.57. The number of thiazole rings is 1. The molecule has 2 aliphatic carbocycles. The third kappa shape index (κ3) is 10.1. The second-order valence-corrected chi connectivity index (χ2v) is 21.7. The Morgan fingerprint density at radius 1 is 1.02 bits per heavy atom. The fourth-order valence-corrected chi connectivity index (χ4v) is 10.8. The highest BCUT2D eigenvalue weighted by Gasteiger charge is 2.53. The summed E-state index contributed by atoms with van der Waals surface area (Å²) in [4.78, 5) is 72.9. The van der Waals surface area contributed by atoms with Gasteiger partial charge in [-0.2, -0.15) is 0 Å². The SMILES string of the molecule is CC[C@]1(C(=O)NS(=O)(=O)C2(C)CC2)/C=C\CCCCC[C@H](NC(=O)OC(C)(C)C)C(=O)N2C[C@H](Oc3nc4c(-c5nc(C6CCCCC6)cs5)cccc4nc3C)C[C@H]2C(=O)N1. The highest BCUT2D eigenvalue weighted by Crippen LogP contribution is 2.42. The largest absolute Gasteiger partial charge is 0.471 e. The molecule has 3 fully saturated rings. The van der Waals surface area contributed by atoms with E-state index in [1.54, 1.807) is 65.0 Å². The Balaban J connectivity index is 1.20. The van der Waals surface area contributed by atoms with Crippen molar-refractivity contribution in [3.8, 4) is 16.5 Å². The number of rotatable bonds is 9. The number of aryl methyl sites for hydroxylation is 1. The van der Waals surface area contributed by atoms with Crippen LogP contribution in [0.2, 0.25) is 0 Å². The van der Waals surface area contributed by atoms with Crippen LogP contribution in [0.25, 0.3) is 21.6 Å². The number of benzene rings is 1. The molecule has 4 atom stereocenters. The van der Waals surface area contributed by atoms with Crippen molar-refractivity contribution < 1.29 is 37.1 Å². The molecule has 17 heteroatoms. The summed E-state index contributed by atoms with van der Waals surface area (Å²) < 4.78 is 39.9. The number of alkyl carbamates (subject to hydrolysis) is 1. The Morgan fingerprint density at radius 3 is 2.45 bits per heavy atom.